The minimum atomic E-state index is 0.0328. The molecule has 7 aromatic carbocycles. The molecule has 0 aliphatic heterocycles. The third-order valence-corrected chi connectivity index (χ3v) is 13.3. The lowest BCUT2D eigenvalue weighted by Gasteiger charge is -2.31. The minimum absolute atomic E-state index is 0.0328. The van der Waals surface area contributed by atoms with E-state index in [1.54, 1.807) is 0 Å². The van der Waals surface area contributed by atoms with Gasteiger partial charge in [0.2, 0.25) is 0 Å². The summed E-state index contributed by atoms with van der Waals surface area (Å²) in [6.07, 6.45) is 17.2. The summed E-state index contributed by atoms with van der Waals surface area (Å²) in [5, 5.41) is 0. The lowest BCUT2D eigenvalue weighted by molar-refractivity contribution is 0.813. The first-order chi connectivity index (χ1) is 29.2. The monoisotopic (exact) mass is 757 g/mol. The molecule has 0 amide bonds. The molecule has 1 saturated carbocycles. The van der Waals surface area contributed by atoms with E-state index in [9.17, 15) is 0 Å². The zero-order chi connectivity index (χ0) is 39.2. The molecule has 4 aliphatic carbocycles. The van der Waals surface area contributed by atoms with E-state index in [1.807, 2.05) is 0 Å². The third-order valence-electron chi connectivity index (χ3n) is 13.3. The first-order valence-corrected chi connectivity index (χ1v) is 21.3. The highest BCUT2D eigenvalue weighted by atomic mass is 15.1. The van der Waals surface area contributed by atoms with E-state index < -0.39 is 0 Å². The van der Waals surface area contributed by atoms with Crippen LogP contribution in [-0.2, 0) is 18.3 Å². The van der Waals surface area contributed by atoms with Gasteiger partial charge in [-0.3, -0.25) is 0 Å². The molecule has 0 spiro atoms. The van der Waals surface area contributed by atoms with Gasteiger partial charge in [0.05, 0.1) is 0 Å². The number of anilines is 2. The number of fused-ring (bicyclic) bond motifs is 5. The second kappa shape index (κ2) is 14.9. The number of hydrogen-bond acceptors (Lipinski definition) is 1. The Morgan fingerprint density at radius 1 is 0.542 bits per heavy atom. The van der Waals surface area contributed by atoms with Crippen LogP contribution >= 0.6 is 0 Å². The van der Waals surface area contributed by atoms with Gasteiger partial charge < -0.3 is 4.90 Å². The first kappa shape index (κ1) is 35.5. The smallest absolute Gasteiger partial charge is 0.0458 e. The molecule has 3 atom stereocenters. The molecule has 0 heterocycles. The molecule has 1 nitrogen and oxygen atoms in total. The zero-order valence-electron chi connectivity index (χ0n) is 33.3. The summed E-state index contributed by atoms with van der Waals surface area (Å²) >= 11 is 0. The Kier molecular flexibility index (Phi) is 8.96. The Hall–Kier alpha value is -6.70. The second-order valence-corrected chi connectivity index (χ2v) is 16.8. The van der Waals surface area contributed by atoms with Crippen molar-refractivity contribution in [3.05, 3.63) is 256 Å². The summed E-state index contributed by atoms with van der Waals surface area (Å²) in [5.74, 6) is 0.765. The summed E-state index contributed by atoms with van der Waals surface area (Å²) in [7, 11) is 0. The summed E-state index contributed by atoms with van der Waals surface area (Å²) in [6, 6.07) is 67.7. The van der Waals surface area contributed by atoms with E-state index in [2.05, 4.69) is 217 Å². The molecule has 0 bridgehead atoms. The number of hydrogen-bond donors (Lipinski definition) is 0. The maximum absolute atomic E-state index is 2.58. The molecule has 7 aromatic rings. The van der Waals surface area contributed by atoms with Crippen molar-refractivity contribution in [1.29, 1.82) is 0 Å². The summed E-state index contributed by atoms with van der Waals surface area (Å²) in [6.45, 7) is 0. The van der Waals surface area contributed by atoms with Crippen molar-refractivity contribution < 1.29 is 0 Å². The average Bonchev–Trinajstić information content (AvgIpc) is 4.06. The third kappa shape index (κ3) is 6.61. The van der Waals surface area contributed by atoms with Crippen molar-refractivity contribution in [2.75, 3.05) is 4.90 Å². The largest absolute Gasteiger partial charge is 0.314 e. The maximum Gasteiger partial charge on any atom is 0.0458 e. The summed E-state index contributed by atoms with van der Waals surface area (Å²) in [5.41, 5.74) is 20.3. The van der Waals surface area contributed by atoms with Gasteiger partial charge in [-0.25, -0.2) is 0 Å². The molecule has 4 aliphatic rings. The zero-order valence-corrected chi connectivity index (χ0v) is 33.3. The van der Waals surface area contributed by atoms with Crippen LogP contribution in [0.15, 0.2) is 212 Å². The van der Waals surface area contributed by atoms with Gasteiger partial charge in [0.25, 0.3) is 0 Å². The molecule has 0 radical (unpaired) electrons. The van der Waals surface area contributed by atoms with E-state index in [0.717, 1.165) is 32.1 Å². The normalized spacial score (nSPS) is 20.0. The van der Waals surface area contributed by atoms with Gasteiger partial charge in [-0.15, -0.1) is 0 Å². The number of rotatable bonds is 8. The molecule has 0 N–H and O–H groups in total. The van der Waals surface area contributed by atoms with Crippen LogP contribution in [0.25, 0.3) is 28.3 Å². The van der Waals surface area contributed by atoms with Gasteiger partial charge in [-0.1, -0.05) is 188 Å². The quantitative estimate of drug-likeness (QED) is 0.140. The molecule has 3 unspecified atom stereocenters. The maximum atomic E-state index is 2.58. The molecule has 0 aromatic heterocycles. The molecule has 1 fully saturated rings. The predicted octanol–water partition coefficient (Wildman–Crippen LogP) is 14.6. The topological polar surface area (TPSA) is 3.24 Å². The summed E-state index contributed by atoms with van der Waals surface area (Å²) < 4.78 is 0. The Morgan fingerprint density at radius 3 is 1.97 bits per heavy atom. The fraction of sp³-hybridized carbons (Fsp3) is 0.138. The molecular weight excluding hydrogens is 711 g/mol. The van der Waals surface area contributed by atoms with Crippen LogP contribution in [0.2, 0.25) is 0 Å². The molecule has 0 saturated heterocycles. The van der Waals surface area contributed by atoms with Gasteiger partial charge in [0, 0.05) is 34.8 Å². The molecule has 1 heteroatoms. The van der Waals surface area contributed by atoms with Crippen LogP contribution in [0.5, 0.6) is 0 Å². The molecule has 59 heavy (non-hydrogen) atoms. The van der Waals surface area contributed by atoms with E-state index in [-0.39, 0.29) is 5.41 Å². The molecule has 11 rings (SSSR count). The Labute approximate surface area is 349 Å². The van der Waals surface area contributed by atoms with Gasteiger partial charge in [0.15, 0.2) is 0 Å². The first-order valence-electron chi connectivity index (χ1n) is 21.3. The second-order valence-electron chi connectivity index (χ2n) is 16.8. The molecular formula is C58H47N. The van der Waals surface area contributed by atoms with Gasteiger partial charge in [-0.2, -0.15) is 0 Å². The highest BCUT2D eigenvalue weighted by Crippen LogP contribution is 2.59. The van der Waals surface area contributed by atoms with Crippen LogP contribution < -0.4 is 4.90 Å². The average molecular weight is 758 g/mol. The Morgan fingerprint density at radius 2 is 1.19 bits per heavy atom. The van der Waals surface area contributed by atoms with E-state index in [1.165, 1.54) is 83.9 Å². The van der Waals surface area contributed by atoms with E-state index in [0.29, 0.717) is 11.8 Å². The number of benzene rings is 7. The molecule has 284 valence electrons. The van der Waals surface area contributed by atoms with E-state index >= 15 is 0 Å². The Bertz CT molecular complexity index is 2770. The van der Waals surface area contributed by atoms with Crippen molar-refractivity contribution in [2.24, 2.45) is 5.92 Å². The van der Waals surface area contributed by atoms with Gasteiger partial charge >= 0.3 is 0 Å². The minimum Gasteiger partial charge on any atom is -0.314 e. The fourth-order valence-electron chi connectivity index (χ4n) is 10.2. The van der Waals surface area contributed by atoms with Crippen LogP contribution in [0.4, 0.5) is 11.4 Å². The SMILES string of the molecule is C1=CC2(c3ccc(C4Cc5ccccc5C5=C4c4ccccc4C=CC5)cc3)CC2C=C(N(c2ccc(Cc3ccccc3)cc2)c2ccc(-c3ccccc3)cc2)C1. The van der Waals surface area contributed by atoms with Crippen molar-refractivity contribution in [3.63, 3.8) is 0 Å². The van der Waals surface area contributed by atoms with Crippen LogP contribution in [0.1, 0.15) is 69.7 Å². The standard InChI is InChI=1S/C58H47N/c1-3-13-41(14-4-1)37-42-24-32-50(33-25-42)59(51-34-28-44(29-35-51)43-15-5-2-6-16-43)52-20-12-36-58(40-49(58)39-52)48-30-26-46(27-31-48)56-38-47-18-8-9-21-53(47)55-23-11-19-45-17-7-10-22-54(45)57(55)56/h1-19,21-22,24-36,39,49,56H,20,23,37-38,40H2. The van der Waals surface area contributed by atoms with Gasteiger partial charge in [0.1, 0.15) is 0 Å². The van der Waals surface area contributed by atoms with Crippen molar-refractivity contribution >= 4 is 28.6 Å². The predicted molar refractivity (Wildman–Crippen MR) is 248 cm³/mol. The lowest BCUT2D eigenvalue weighted by atomic mass is 9.72. The summed E-state index contributed by atoms with van der Waals surface area (Å²) in [4.78, 5) is 2.49. The van der Waals surface area contributed by atoms with Crippen LogP contribution in [0.3, 0.4) is 0 Å². The van der Waals surface area contributed by atoms with Crippen LogP contribution in [-0.4, -0.2) is 0 Å². The highest BCUT2D eigenvalue weighted by Gasteiger charge is 2.53. The lowest BCUT2D eigenvalue weighted by Crippen LogP contribution is -2.16. The highest BCUT2D eigenvalue weighted by molar-refractivity contribution is 6.00. The Balaban J connectivity index is 0.911. The fourth-order valence-corrected chi connectivity index (χ4v) is 10.2. The number of nitrogens with zero attached hydrogens (tertiary/aromatic N) is 1. The van der Waals surface area contributed by atoms with Crippen molar-refractivity contribution in [1.82, 2.24) is 0 Å². The number of allylic oxidation sites excluding steroid dienone is 6. The van der Waals surface area contributed by atoms with Gasteiger partial charge in [-0.05, 0) is 123 Å². The van der Waals surface area contributed by atoms with Crippen molar-refractivity contribution in [2.45, 2.75) is 43.4 Å². The van der Waals surface area contributed by atoms with E-state index in [4.69, 9.17) is 0 Å². The van der Waals surface area contributed by atoms with Crippen molar-refractivity contribution in [3.8, 4) is 11.1 Å². The van der Waals surface area contributed by atoms with Crippen LogP contribution in [0, 0.1) is 5.92 Å².